The Bertz CT molecular complexity index is 776. The molecule has 1 aliphatic heterocycles. The highest BCUT2D eigenvalue weighted by atomic mass is 35.5. The van der Waals surface area contributed by atoms with Crippen molar-refractivity contribution in [2.75, 3.05) is 26.2 Å². The maximum Gasteiger partial charge on any atom is 0.222 e. The molecule has 7 heteroatoms. The van der Waals surface area contributed by atoms with E-state index in [0.29, 0.717) is 32.5 Å². The van der Waals surface area contributed by atoms with Crippen LogP contribution in [0.15, 0.2) is 48.5 Å². The van der Waals surface area contributed by atoms with E-state index >= 15 is 0 Å². The first kappa shape index (κ1) is 22.1. The van der Waals surface area contributed by atoms with E-state index in [1.54, 1.807) is 0 Å². The van der Waals surface area contributed by atoms with Gasteiger partial charge in [0.25, 0.3) is 0 Å². The maximum absolute atomic E-state index is 13.5. The highest BCUT2D eigenvalue weighted by molar-refractivity contribution is 5.85. The van der Waals surface area contributed by atoms with Crippen molar-refractivity contribution in [3.05, 3.63) is 65.7 Å². The molecule has 3 rings (SSSR count). The molecule has 0 spiro atoms. The van der Waals surface area contributed by atoms with Crippen molar-refractivity contribution in [3.63, 3.8) is 0 Å². The summed E-state index contributed by atoms with van der Waals surface area (Å²) in [6.45, 7) is 2.06. The molecule has 2 N–H and O–H groups in total. The molecule has 1 fully saturated rings. The predicted molar refractivity (Wildman–Crippen MR) is 107 cm³/mol. The molecular weight excluding hydrogens is 386 g/mol. The van der Waals surface area contributed by atoms with Crippen LogP contribution in [0.3, 0.4) is 0 Å². The van der Waals surface area contributed by atoms with E-state index in [9.17, 15) is 13.6 Å². The van der Waals surface area contributed by atoms with Gasteiger partial charge in [-0.15, -0.1) is 12.4 Å². The van der Waals surface area contributed by atoms with Crippen molar-refractivity contribution < 1.29 is 18.3 Å². The molecule has 152 valence electrons. The Hall–Kier alpha value is -2.18. The number of carbonyl (C=O) groups is 1. The Morgan fingerprint density at radius 3 is 2.57 bits per heavy atom. The van der Waals surface area contributed by atoms with Crippen LogP contribution in [0.1, 0.15) is 24.3 Å². The van der Waals surface area contributed by atoms with E-state index in [1.807, 2.05) is 23.1 Å². The number of nitrogens with two attached hydrogens (primary N) is 1. The molecule has 28 heavy (non-hydrogen) atoms. The number of benzene rings is 2. The van der Waals surface area contributed by atoms with E-state index < -0.39 is 11.6 Å². The van der Waals surface area contributed by atoms with E-state index in [0.717, 1.165) is 12.1 Å². The molecule has 2 aromatic rings. The molecule has 1 saturated heterocycles. The normalized spacial score (nSPS) is 18.6. The lowest BCUT2D eigenvalue weighted by Gasteiger charge is -2.17. The number of amides is 1. The van der Waals surface area contributed by atoms with Crippen LogP contribution in [-0.2, 0) is 4.79 Å². The zero-order valence-electron chi connectivity index (χ0n) is 15.5. The smallest absolute Gasteiger partial charge is 0.222 e. The number of hydrogen-bond donors (Lipinski definition) is 1. The SMILES string of the molecule is Cl.NC[C@@H]1CN(C(=O)CCCOc2ccc(F)cc2F)C[C@H]1c1ccccc1. The third-order valence-electron chi connectivity index (χ3n) is 5.01. The van der Waals surface area contributed by atoms with Gasteiger partial charge in [0, 0.05) is 31.5 Å². The molecule has 0 aliphatic carbocycles. The van der Waals surface area contributed by atoms with Crippen LogP contribution >= 0.6 is 12.4 Å². The molecule has 2 aromatic carbocycles. The Kier molecular flexibility index (Phi) is 8.20. The van der Waals surface area contributed by atoms with Gasteiger partial charge in [0.05, 0.1) is 6.61 Å². The second kappa shape index (κ2) is 10.4. The van der Waals surface area contributed by atoms with Crippen molar-refractivity contribution in [3.8, 4) is 5.75 Å². The van der Waals surface area contributed by atoms with Crippen molar-refractivity contribution in [2.45, 2.75) is 18.8 Å². The second-order valence-electron chi connectivity index (χ2n) is 6.84. The summed E-state index contributed by atoms with van der Waals surface area (Å²) in [4.78, 5) is 14.4. The maximum atomic E-state index is 13.5. The third kappa shape index (κ3) is 5.42. The van der Waals surface area contributed by atoms with Crippen molar-refractivity contribution >= 4 is 18.3 Å². The van der Waals surface area contributed by atoms with Crippen LogP contribution < -0.4 is 10.5 Å². The number of halogens is 3. The van der Waals surface area contributed by atoms with Crippen molar-refractivity contribution in [1.29, 1.82) is 0 Å². The van der Waals surface area contributed by atoms with Crippen LogP contribution in [-0.4, -0.2) is 37.0 Å². The number of nitrogens with zero attached hydrogens (tertiary/aromatic N) is 1. The van der Waals surface area contributed by atoms with Crippen LogP contribution in [0.4, 0.5) is 8.78 Å². The third-order valence-corrected chi connectivity index (χ3v) is 5.01. The van der Waals surface area contributed by atoms with Crippen LogP contribution in [0.5, 0.6) is 5.75 Å². The van der Waals surface area contributed by atoms with E-state index in [4.69, 9.17) is 10.5 Å². The Balaban J connectivity index is 0.00000280. The van der Waals surface area contributed by atoms with Gasteiger partial charge >= 0.3 is 0 Å². The average Bonchev–Trinajstić information content (AvgIpc) is 3.12. The summed E-state index contributed by atoms with van der Waals surface area (Å²) in [6.07, 6.45) is 0.789. The molecule has 0 aromatic heterocycles. The summed E-state index contributed by atoms with van der Waals surface area (Å²) in [5, 5.41) is 0. The summed E-state index contributed by atoms with van der Waals surface area (Å²) < 4.78 is 31.7. The molecule has 0 radical (unpaired) electrons. The van der Waals surface area contributed by atoms with Gasteiger partial charge < -0.3 is 15.4 Å². The van der Waals surface area contributed by atoms with Crippen molar-refractivity contribution in [1.82, 2.24) is 4.90 Å². The fourth-order valence-electron chi connectivity index (χ4n) is 3.55. The zero-order chi connectivity index (χ0) is 19.2. The number of hydrogen-bond acceptors (Lipinski definition) is 3. The van der Waals surface area contributed by atoms with Gasteiger partial charge in [-0.1, -0.05) is 30.3 Å². The van der Waals surface area contributed by atoms with Crippen molar-refractivity contribution in [2.24, 2.45) is 11.7 Å². The zero-order valence-corrected chi connectivity index (χ0v) is 16.3. The van der Waals surface area contributed by atoms with Gasteiger partial charge in [-0.25, -0.2) is 8.78 Å². The molecule has 0 unspecified atom stereocenters. The first-order chi connectivity index (χ1) is 13.1. The summed E-state index contributed by atoms with van der Waals surface area (Å²) >= 11 is 0. The van der Waals surface area contributed by atoms with E-state index in [-0.39, 0.29) is 42.5 Å². The quantitative estimate of drug-likeness (QED) is 0.707. The van der Waals surface area contributed by atoms with Gasteiger partial charge in [0.2, 0.25) is 5.91 Å². The average molecular weight is 411 g/mol. The Labute approximate surface area is 170 Å². The topological polar surface area (TPSA) is 55.6 Å². The second-order valence-corrected chi connectivity index (χ2v) is 6.84. The molecule has 4 nitrogen and oxygen atoms in total. The Morgan fingerprint density at radius 2 is 1.89 bits per heavy atom. The summed E-state index contributed by atoms with van der Waals surface area (Å²) in [7, 11) is 0. The van der Waals surface area contributed by atoms with E-state index in [2.05, 4.69) is 12.1 Å². The standard InChI is InChI=1S/C21H24F2N2O2.ClH/c22-17-8-9-20(19(23)11-17)27-10-4-7-21(26)25-13-16(12-24)18(14-25)15-5-2-1-3-6-15;/h1-3,5-6,8-9,11,16,18H,4,7,10,12-14,24H2;1H/t16-,18+;/m1./s1. The first-order valence-corrected chi connectivity index (χ1v) is 9.19. The first-order valence-electron chi connectivity index (χ1n) is 9.19. The monoisotopic (exact) mass is 410 g/mol. The molecular formula is C21H25ClF2N2O2. The minimum absolute atomic E-state index is 0. The molecule has 1 amide bonds. The lowest BCUT2D eigenvalue weighted by Crippen LogP contribution is -2.29. The molecule has 0 saturated carbocycles. The van der Waals surface area contributed by atoms with Crippen LogP contribution in [0.25, 0.3) is 0 Å². The lowest BCUT2D eigenvalue weighted by atomic mass is 9.89. The highest BCUT2D eigenvalue weighted by Crippen LogP contribution is 2.32. The predicted octanol–water partition coefficient (Wildman–Crippen LogP) is 3.75. The molecule has 0 bridgehead atoms. The Morgan fingerprint density at radius 1 is 1.14 bits per heavy atom. The van der Waals surface area contributed by atoms with Crippen LogP contribution in [0, 0.1) is 17.6 Å². The largest absolute Gasteiger partial charge is 0.491 e. The van der Waals surface area contributed by atoms with Gasteiger partial charge in [-0.05, 0) is 36.6 Å². The lowest BCUT2D eigenvalue weighted by molar-refractivity contribution is -0.130. The molecule has 1 heterocycles. The summed E-state index contributed by atoms with van der Waals surface area (Å²) in [5.74, 6) is -0.832. The number of rotatable bonds is 7. The van der Waals surface area contributed by atoms with Gasteiger partial charge in [0.1, 0.15) is 5.82 Å². The molecule has 1 aliphatic rings. The summed E-state index contributed by atoms with van der Waals surface area (Å²) in [6, 6.07) is 13.3. The van der Waals surface area contributed by atoms with Gasteiger partial charge in [-0.3, -0.25) is 4.79 Å². The fourth-order valence-corrected chi connectivity index (χ4v) is 3.55. The fraction of sp³-hybridized carbons (Fsp3) is 0.381. The number of likely N-dealkylation sites (tertiary alicyclic amines) is 1. The highest BCUT2D eigenvalue weighted by Gasteiger charge is 2.34. The van der Waals surface area contributed by atoms with Gasteiger partial charge in [-0.2, -0.15) is 0 Å². The minimum atomic E-state index is -0.739. The minimum Gasteiger partial charge on any atom is -0.491 e. The molecule has 2 atom stereocenters. The number of carbonyl (C=O) groups excluding carboxylic acids is 1. The van der Waals surface area contributed by atoms with E-state index in [1.165, 1.54) is 11.6 Å². The summed E-state index contributed by atoms with van der Waals surface area (Å²) in [5.41, 5.74) is 7.12. The van der Waals surface area contributed by atoms with Crippen LogP contribution in [0.2, 0.25) is 0 Å². The van der Waals surface area contributed by atoms with Gasteiger partial charge in [0.15, 0.2) is 11.6 Å². The number of ether oxygens (including phenoxy) is 1.